The van der Waals surface area contributed by atoms with E-state index in [0.717, 1.165) is 17.7 Å². The number of benzene rings is 4. The van der Waals surface area contributed by atoms with Crippen LogP contribution in [0, 0.1) is 0 Å². The summed E-state index contributed by atoms with van der Waals surface area (Å²) in [7, 11) is 0. The molecule has 1 heterocycles. The molecule has 37 heavy (non-hydrogen) atoms. The van der Waals surface area contributed by atoms with Gasteiger partial charge in [0.1, 0.15) is 5.75 Å². The minimum absolute atomic E-state index is 0.186. The molecule has 1 amide bonds. The lowest BCUT2D eigenvalue weighted by molar-refractivity contribution is -0.137. The molecule has 5 nitrogen and oxygen atoms in total. The maximum absolute atomic E-state index is 13.1. The maximum Gasteiger partial charge on any atom is 0.416 e. The monoisotopic (exact) mass is 502 g/mol. The molecule has 0 aliphatic carbocycles. The number of nitrogens with zero attached hydrogens (tertiary/aromatic N) is 1. The molecule has 1 aromatic heterocycles. The van der Waals surface area contributed by atoms with E-state index >= 15 is 0 Å². The minimum Gasteiger partial charge on any atom is -0.426 e. The van der Waals surface area contributed by atoms with Crippen LogP contribution in [0.3, 0.4) is 0 Å². The summed E-state index contributed by atoms with van der Waals surface area (Å²) in [5, 5.41) is 1.06. The second kappa shape index (κ2) is 9.13. The first-order valence-electron chi connectivity index (χ1n) is 11.4. The second-order valence-corrected chi connectivity index (χ2v) is 8.67. The van der Waals surface area contributed by atoms with Crippen LogP contribution in [0.2, 0.25) is 0 Å². The third kappa shape index (κ3) is 4.53. The molecule has 0 bridgehead atoms. The van der Waals surface area contributed by atoms with Crippen molar-refractivity contribution >= 4 is 33.7 Å². The van der Waals surface area contributed by atoms with Crippen LogP contribution in [-0.2, 0) is 17.5 Å². The summed E-state index contributed by atoms with van der Waals surface area (Å²) in [4.78, 5) is 24.4. The van der Waals surface area contributed by atoms with Crippen molar-refractivity contribution in [3.05, 3.63) is 102 Å². The van der Waals surface area contributed by atoms with Gasteiger partial charge in [-0.25, -0.2) is 0 Å². The van der Waals surface area contributed by atoms with Crippen LogP contribution in [0.15, 0.2) is 84.9 Å². The lowest BCUT2D eigenvalue weighted by Gasteiger charge is -2.12. The first kappa shape index (κ1) is 24.1. The molecule has 0 radical (unpaired) electrons. The number of carbonyl (C=O) groups is 2. The van der Waals surface area contributed by atoms with Crippen LogP contribution in [0.4, 0.5) is 13.2 Å². The molecule has 5 aromatic rings. The van der Waals surface area contributed by atoms with Crippen molar-refractivity contribution in [3.8, 4) is 16.9 Å². The Kier molecular flexibility index (Phi) is 5.95. The number of amides is 1. The van der Waals surface area contributed by atoms with Crippen LogP contribution in [0.5, 0.6) is 5.75 Å². The van der Waals surface area contributed by atoms with Crippen molar-refractivity contribution in [2.45, 2.75) is 19.6 Å². The summed E-state index contributed by atoms with van der Waals surface area (Å²) in [6.45, 7) is 1.69. The first-order valence-corrected chi connectivity index (χ1v) is 11.4. The SMILES string of the molecule is CC(=O)Oc1cc(-c2ccc(C(F)(F)F)cc2)cc2c1c1c(C(N)=O)cccc1n2Cc1ccccc1. The van der Waals surface area contributed by atoms with Crippen molar-refractivity contribution in [3.63, 3.8) is 0 Å². The molecule has 2 N–H and O–H groups in total. The molecule has 186 valence electrons. The van der Waals surface area contributed by atoms with Crippen LogP contribution in [0.1, 0.15) is 28.4 Å². The summed E-state index contributed by atoms with van der Waals surface area (Å²) in [6.07, 6.45) is -4.46. The average Bonchev–Trinajstić information content (AvgIpc) is 3.17. The quantitative estimate of drug-likeness (QED) is 0.219. The van der Waals surface area contributed by atoms with Gasteiger partial charge in [0.05, 0.1) is 22.0 Å². The number of carbonyl (C=O) groups excluding carboxylic acids is 2. The number of aromatic nitrogens is 1. The van der Waals surface area contributed by atoms with Crippen molar-refractivity contribution in [2.75, 3.05) is 0 Å². The van der Waals surface area contributed by atoms with Gasteiger partial charge in [0, 0.05) is 24.4 Å². The molecule has 0 fully saturated rings. The van der Waals surface area contributed by atoms with Gasteiger partial charge in [-0.3, -0.25) is 9.59 Å². The molecular weight excluding hydrogens is 481 g/mol. The van der Waals surface area contributed by atoms with Gasteiger partial charge >= 0.3 is 12.1 Å². The van der Waals surface area contributed by atoms with Crippen LogP contribution >= 0.6 is 0 Å². The molecule has 0 unspecified atom stereocenters. The summed E-state index contributed by atoms with van der Waals surface area (Å²) < 4.78 is 46.9. The number of fused-ring (bicyclic) bond motifs is 3. The average molecular weight is 502 g/mol. The Balaban J connectivity index is 1.84. The lowest BCUT2D eigenvalue weighted by Crippen LogP contribution is -2.11. The van der Waals surface area contributed by atoms with E-state index in [2.05, 4.69) is 0 Å². The van der Waals surface area contributed by atoms with E-state index in [-0.39, 0.29) is 11.3 Å². The van der Waals surface area contributed by atoms with Crippen molar-refractivity contribution in [2.24, 2.45) is 5.73 Å². The highest BCUT2D eigenvalue weighted by Crippen LogP contribution is 2.41. The predicted octanol–water partition coefficient (Wildman–Crippen LogP) is 6.55. The molecule has 0 atom stereocenters. The second-order valence-electron chi connectivity index (χ2n) is 8.67. The number of alkyl halides is 3. The molecule has 0 saturated carbocycles. The Bertz CT molecular complexity index is 1650. The summed E-state index contributed by atoms with van der Waals surface area (Å²) in [5.41, 5.74) is 8.60. The lowest BCUT2D eigenvalue weighted by atomic mass is 9.99. The van der Waals surface area contributed by atoms with Crippen LogP contribution < -0.4 is 10.5 Å². The highest BCUT2D eigenvalue weighted by Gasteiger charge is 2.30. The van der Waals surface area contributed by atoms with E-state index in [1.165, 1.54) is 19.1 Å². The molecule has 4 aromatic carbocycles. The highest BCUT2D eigenvalue weighted by molar-refractivity contribution is 6.20. The molecule has 5 rings (SSSR count). The van der Waals surface area contributed by atoms with Gasteiger partial charge in [-0.05, 0) is 53.1 Å². The topological polar surface area (TPSA) is 74.3 Å². The Morgan fingerprint density at radius 3 is 2.16 bits per heavy atom. The number of halogens is 3. The van der Waals surface area contributed by atoms with Crippen molar-refractivity contribution in [1.29, 1.82) is 0 Å². The number of hydrogen-bond donors (Lipinski definition) is 1. The van der Waals surface area contributed by atoms with Gasteiger partial charge in [-0.2, -0.15) is 13.2 Å². The number of esters is 1. The minimum atomic E-state index is -4.46. The zero-order chi connectivity index (χ0) is 26.3. The number of rotatable bonds is 5. The summed E-state index contributed by atoms with van der Waals surface area (Å²) in [6, 6.07) is 23.0. The van der Waals surface area contributed by atoms with E-state index < -0.39 is 23.6 Å². The number of nitrogens with two attached hydrogens (primary N) is 1. The van der Waals surface area contributed by atoms with Gasteiger partial charge < -0.3 is 15.0 Å². The fraction of sp³-hybridized carbons (Fsp3) is 0.103. The van der Waals surface area contributed by atoms with E-state index in [4.69, 9.17) is 10.5 Å². The van der Waals surface area contributed by atoms with Gasteiger partial charge in [-0.1, -0.05) is 48.5 Å². The molecule has 0 aliphatic heterocycles. The van der Waals surface area contributed by atoms with E-state index in [1.807, 2.05) is 47.0 Å². The highest BCUT2D eigenvalue weighted by atomic mass is 19.4. The summed E-state index contributed by atoms with van der Waals surface area (Å²) in [5.74, 6) is -1.03. The van der Waals surface area contributed by atoms with Crippen molar-refractivity contribution < 1.29 is 27.5 Å². The first-order chi connectivity index (χ1) is 17.6. The van der Waals surface area contributed by atoms with Gasteiger partial charge in [0.2, 0.25) is 5.91 Å². The zero-order valence-electron chi connectivity index (χ0n) is 19.7. The molecular formula is C29H21F3N2O3. The Morgan fingerprint density at radius 2 is 1.54 bits per heavy atom. The number of primary amides is 1. The van der Waals surface area contributed by atoms with Gasteiger partial charge in [-0.15, -0.1) is 0 Å². The third-order valence-electron chi connectivity index (χ3n) is 6.20. The van der Waals surface area contributed by atoms with Gasteiger partial charge in [0.25, 0.3) is 0 Å². The standard InChI is InChI=1S/C29H21F3N2O3/c1-17(35)37-25-15-20(19-10-12-21(13-11-19)29(30,31)32)14-24-27(25)26-22(28(33)36)8-5-9-23(26)34(24)16-18-6-3-2-4-7-18/h2-15H,16H2,1H3,(H2,33,36). The van der Waals surface area contributed by atoms with E-state index in [1.54, 1.807) is 18.2 Å². The predicted molar refractivity (Wildman–Crippen MR) is 135 cm³/mol. The normalized spacial score (nSPS) is 11.7. The Morgan fingerprint density at radius 1 is 0.838 bits per heavy atom. The largest absolute Gasteiger partial charge is 0.426 e. The van der Waals surface area contributed by atoms with Crippen molar-refractivity contribution in [1.82, 2.24) is 4.57 Å². The van der Waals surface area contributed by atoms with Gasteiger partial charge in [0.15, 0.2) is 0 Å². The van der Waals surface area contributed by atoms with Crippen LogP contribution in [0.25, 0.3) is 32.9 Å². The summed E-state index contributed by atoms with van der Waals surface area (Å²) >= 11 is 0. The third-order valence-corrected chi connectivity index (χ3v) is 6.20. The van der Waals surface area contributed by atoms with E-state index in [9.17, 15) is 22.8 Å². The van der Waals surface area contributed by atoms with E-state index in [0.29, 0.717) is 39.5 Å². The molecule has 8 heteroatoms. The molecule has 0 aliphatic rings. The molecule has 0 spiro atoms. The van der Waals surface area contributed by atoms with Crippen LogP contribution in [-0.4, -0.2) is 16.4 Å². The number of hydrogen-bond acceptors (Lipinski definition) is 3. The number of ether oxygens (including phenoxy) is 1. The molecule has 0 saturated heterocycles. The smallest absolute Gasteiger partial charge is 0.416 e. The Labute approximate surface area is 209 Å². The zero-order valence-corrected chi connectivity index (χ0v) is 19.7. The maximum atomic E-state index is 13.1. The Hall–Kier alpha value is -4.59. The fourth-order valence-corrected chi connectivity index (χ4v) is 4.62. The fourth-order valence-electron chi connectivity index (χ4n) is 4.62.